The smallest absolute Gasteiger partial charge is 0.173 e. The molecule has 0 saturated heterocycles. The zero-order valence-electron chi connectivity index (χ0n) is 10.7. The van der Waals surface area contributed by atoms with Gasteiger partial charge >= 0.3 is 0 Å². The molecule has 0 aliphatic heterocycles. The van der Waals surface area contributed by atoms with E-state index in [0.717, 1.165) is 12.5 Å². The number of benzene rings is 2. The third-order valence-electron chi connectivity index (χ3n) is 3.95. The van der Waals surface area contributed by atoms with Crippen molar-refractivity contribution in [3.8, 4) is 0 Å². The molecule has 3 atom stereocenters. The van der Waals surface area contributed by atoms with E-state index in [2.05, 4.69) is 28.1 Å². The quantitative estimate of drug-likeness (QED) is 0.818. The average Bonchev–Trinajstić information content (AvgIpc) is 3.26. The van der Waals surface area contributed by atoms with Crippen LogP contribution in [-0.2, 0) is 0 Å². The molecule has 2 N–H and O–H groups in total. The van der Waals surface area contributed by atoms with Gasteiger partial charge in [-0.1, -0.05) is 36.4 Å². The van der Waals surface area contributed by atoms with Gasteiger partial charge in [0.1, 0.15) is 0 Å². The number of nitrogens with two attached hydrogens (primary N) is 1. The number of halogens is 3. The average molecular weight is 338 g/mol. The Labute approximate surface area is 124 Å². The monoisotopic (exact) mass is 337 g/mol. The first kappa shape index (κ1) is 13.7. The summed E-state index contributed by atoms with van der Waals surface area (Å²) in [4.78, 5) is 0. The first-order chi connectivity index (χ1) is 9.59. The van der Waals surface area contributed by atoms with Crippen LogP contribution >= 0.6 is 15.9 Å². The van der Waals surface area contributed by atoms with E-state index in [1.165, 1.54) is 5.56 Å². The Morgan fingerprint density at radius 3 is 2.50 bits per heavy atom. The van der Waals surface area contributed by atoms with Gasteiger partial charge < -0.3 is 5.73 Å². The van der Waals surface area contributed by atoms with E-state index >= 15 is 0 Å². The van der Waals surface area contributed by atoms with Gasteiger partial charge in [0.2, 0.25) is 0 Å². The Morgan fingerprint density at radius 1 is 1.10 bits per heavy atom. The Balaban J connectivity index is 1.82. The molecule has 0 amide bonds. The summed E-state index contributed by atoms with van der Waals surface area (Å²) in [5.74, 6) is -1.04. The van der Waals surface area contributed by atoms with Gasteiger partial charge in [-0.25, -0.2) is 8.78 Å². The van der Waals surface area contributed by atoms with E-state index in [9.17, 15) is 8.78 Å². The Bertz CT molecular complexity index is 630. The van der Waals surface area contributed by atoms with Crippen LogP contribution in [0.25, 0.3) is 0 Å². The molecule has 1 nitrogen and oxygen atoms in total. The lowest BCUT2D eigenvalue weighted by atomic mass is 9.99. The van der Waals surface area contributed by atoms with Crippen LogP contribution in [0.4, 0.5) is 8.78 Å². The predicted molar refractivity (Wildman–Crippen MR) is 78.3 cm³/mol. The highest BCUT2D eigenvalue weighted by Crippen LogP contribution is 2.54. The predicted octanol–water partition coefficient (Wildman–Crippen LogP) is 4.53. The summed E-state index contributed by atoms with van der Waals surface area (Å²) in [6.07, 6.45) is 0.983. The first-order valence-corrected chi connectivity index (χ1v) is 7.33. The molecule has 2 aromatic carbocycles. The van der Waals surface area contributed by atoms with Crippen LogP contribution in [0.15, 0.2) is 46.9 Å². The lowest BCUT2D eigenvalue weighted by Gasteiger charge is -2.14. The van der Waals surface area contributed by atoms with Gasteiger partial charge in [-0.2, -0.15) is 0 Å². The maximum absolute atomic E-state index is 13.6. The second kappa shape index (κ2) is 5.26. The van der Waals surface area contributed by atoms with E-state index in [4.69, 9.17) is 5.73 Å². The summed E-state index contributed by atoms with van der Waals surface area (Å²) in [7, 11) is 0. The maximum atomic E-state index is 13.6. The first-order valence-electron chi connectivity index (χ1n) is 6.53. The molecular formula is C16H14BrF2N. The number of hydrogen-bond acceptors (Lipinski definition) is 1. The van der Waals surface area contributed by atoms with Crippen molar-refractivity contribution in [1.29, 1.82) is 0 Å². The molecule has 0 bridgehead atoms. The highest BCUT2D eigenvalue weighted by molar-refractivity contribution is 9.10. The van der Waals surface area contributed by atoms with Crippen molar-refractivity contribution in [2.45, 2.75) is 18.4 Å². The highest BCUT2D eigenvalue weighted by atomic mass is 79.9. The molecular weight excluding hydrogens is 324 g/mol. The summed E-state index contributed by atoms with van der Waals surface area (Å²) in [6.45, 7) is 0. The van der Waals surface area contributed by atoms with E-state index in [1.807, 2.05) is 18.2 Å². The maximum Gasteiger partial charge on any atom is 0.173 e. The minimum atomic E-state index is -0.866. The van der Waals surface area contributed by atoms with Gasteiger partial charge in [0, 0.05) is 6.04 Å². The molecule has 3 rings (SSSR count). The van der Waals surface area contributed by atoms with Crippen LogP contribution in [0.3, 0.4) is 0 Å². The van der Waals surface area contributed by atoms with Gasteiger partial charge in [0.05, 0.1) is 4.47 Å². The van der Waals surface area contributed by atoms with Crippen molar-refractivity contribution in [3.05, 3.63) is 69.7 Å². The Hall–Kier alpha value is -1.26. The molecule has 1 saturated carbocycles. The van der Waals surface area contributed by atoms with Gasteiger partial charge in [-0.3, -0.25) is 0 Å². The molecule has 1 aliphatic carbocycles. The zero-order valence-corrected chi connectivity index (χ0v) is 12.3. The van der Waals surface area contributed by atoms with E-state index in [1.54, 1.807) is 6.07 Å². The summed E-state index contributed by atoms with van der Waals surface area (Å²) >= 11 is 3.11. The van der Waals surface area contributed by atoms with Crippen LogP contribution in [0.5, 0.6) is 0 Å². The summed E-state index contributed by atoms with van der Waals surface area (Å²) in [5.41, 5.74) is 8.12. The number of rotatable bonds is 3. The van der Waals surface area contributed by atoms with Crippen LogP contribution in [0.2, 0.25) is 0 Å². The molecule has 20 heavy (non-hydrogen) atoms. The van der Waals surface area contributed by atoms with Gasteiger partial charge in [0.15, 0.2) is 11.6 Å². The molecule has 1 fully saturated rings. The molecule has 4 heteroatoms. The third-order valence-corrected chi connectivity index (χ3v) is 4.76. The fourth-order valence-corrected chi connectivity index (χ4v) is 3.31. The van der Waals surface area contributed by atoms with Gasteiger partial charge in [-0.15, -0.1) is 0 Å². The summed E-state index contributed by atoms with van der Waals surface area (Å²) in [6, 6.07) is 12.6. The highest BCUT2D eigenvalue weighted by Gasteiger charge is 2.43. The standard InChI is InChI=1S/C16H14BrF2N/c17-14-10(6-7-13(18)15(14)19)16(20)12-8-11(12)9-4-2-1-3-5-9/h1-7,11-12,16H,8,20H2. The fourth-order valence-electron chi connectivity index (χ4n) is 2.72. The molecule has 0 heterocycles. The lowest BCUT2D eigenvalue weighted by Crippen LogP contribution is -2.15. The van der Waals surface area contributed by atoms with Crippen LogP contribution in [0.1, 0.15) is 29.5 Å². The fraction of sp³-hybridized carbons (Fsp3) is 0.250. The minimum Gasteiger partial charge on any atom is -0.324 e. The minimum absolute atomic E-state index is 0.142. The molecule has 1 aliphatic rings. The second-order valence-corrected chi connectivity index (χ2v) is 6.00. The molecule has 104 valence electrons. The molecule has 0 aromatic heterocycles. The normalized spacial score (nSPS) is 22.6. The zero-order chi connectivity index (χ0) is 14.3. The summed E-state index contributed by atoms with van der Waals surface area (Å²) in [5, 5.41) is 0. The van der Waals surface area contributed by atoms with Gasteiger partial charge in [0.25, 0.3) is 0 Å². The van der Waals surface area contributed by atoms with E-state index < -0.39 is 11.6 Å². The number of hydrogen-bond donors (Lipinski definition) is 1. The van der Waals surface area contributed by atoms with Crippen LogP contribution in [-0.4, -0.2) is 0 Å². The van der Waals surface area contributed by atoms with Crippen molar-refractivity contribution in [2.24, 2.45) is 11.7 Å². The topological polar surface area (TPSA) is 26.0 Å². The molecule has 2 aromatic rings. The molecule has 0 radical (unpaired) electrons. The van der Waals surface area contributed by atoms with Crippen molar-refractivity contribution < 1.29 is 8.78 Å². The summed E-state index contributed by atoms with van der Waals surface area (Å²) < 4.78 is 26.9. The molecule has 0 spiro atoms. The van der Waals surface area contributed by atoms with Gasteiger partial charge in [-0.05, 0) is 51.4 Å². The SMILES string of the molecule is NC(c1ccc(F)c(F)c1Br)C1CC1c1ccccc1. The molecule has 3 unspecified atom stereocenters. The van der Waals surface area contributed by atoms with Crippen molar-refractivity contribution in [1.82, 2.24) is 0 Å². The second-order valence-electron chi connectivity index (χ2n) is 5.21. The Kier molecular flexibility index (Phi) is 3.61. The Morgan fingerprint density at radius 2 is 1.80 bits per heavy atom. The lowest BCUT2D eigenvalue weighted by molar-refractivity contribution is 0.497. The van der Waals surface area contributed by atoms with E-state index in [-0.39, 0.29) is 16.4 Å². The third kappa shape index (κ3) is 2.38. The van der Waals surface area contributed by atoms with Crippen molar-refractivity contribution in [3.63, 3.8) is 0 Å². The van der Waals surface area contributed by atoms with Crippen molar-refractivity contribution >= 4 is 15.9 Å². The van der Waals surface area contributed by atoms with Crippen molar-refractivity contribution in [2.75, 3.05) is 0 Å². The van der Waals surface area contributed by atoms with Crippen LogP contribution in [0, 0.1) is 17.6 Å². The van der Waals surface area contributed by atoms with Crippen LogP contribution < -0.4 is 5.73 Å². The van der Waals surface area contributed by atoms with E-state index in [0.29, 0.717) is 11.5 Å². The largest absolute Gasteiger partial charge is 0.324 e.